The zero-order valence-electron chi connectivity index (χ0n) is 12.0. The van der Waals surface area contributed by atoms with Crippen LogP contribution in [0, 0.1) is 12.3 Å². The molecule has 0 bridgehead atoms. The van der Waals surface area contributed by atoms with Gasteiger partial charge in [0, 0.05) is 23.8 Å². The molecule has 0 aromatic heterocycles. The topological polar surface area (TPSA) is 21.3 Å². The molecule has 0 amide bonds. The van der Waals surface area contributed by atoms with Crippen LogP contribution in [0.25, 0.3) is 0 Å². The van der Waals surface area contributed by atoms with Gasteiger partial charge in [-0.3, -0.25) is 0 Å². The van der Waals surface area contributed by atoms with Crippen molar-refractivity contribution in [3.05, 3.63) is 29.8 Å². The molecule has 0 saturated heterocycles. The van der Waals surface area contributed by atoms with Gasteiger partial charge in [-0.2, -0.15) is 0 Å². The van der Waals surface area contributed by atoms with Crippen LogP contribution in [0.3, 0.4) is 0 Å². The molecule has 0 spiro atoms. The quantitative estimate of drug-likeness (QED) is 0.849. The van der Waals surface area contributed by atoms with E-state index in [9.17, 15) is 0 Å². The molecule has 3 atom stereocenters. The summed E-state index contributed by atoms with van der Waals surface area (Å²) < 4.78 is 5.84. The summed E-state index contributed by atoms with van der Waals surface area (Å²) >= 11 is 0. The fourth-order valence-corrected chi connectivity index (χ4v) is 2.91. The van der Waals surface area contributed by atoms with Gasteiger partial charge in [-0.05, 0) is 44.4 Å². The molecule has 1 N–H and O–H groups in total. The summed E-state index contributed by atoms with van der Waals surface area (Å²) in [5.74, 6) is 0. The standard InChI is InChI=1S/C16H25NO/c1-5-16(4)14(11-15(16)18-6-2)17-13-9-7-8-12(3)10-13/h7-10,14-15,17H,5-6,11H2,1-4H3. The second kappa shape index (κ2) is 5.31. The lowest BCUT2D eigenvalue weighted by molar-refractivity contribution is -0.109. The zero-order valence-corrected chi connectivity index (χ0v) is 12.0. The molecule has 1 fully saturated rings. The number of benzene rings is 1. The van der Waals surface area contributed by atoms with E-state index >= 15 is 0 Å². The lowest BCUT2D eigenvalue weighted by atomic mass is 9.61. The predicted molar refractivity (Wildman–Crippen MR) is 77.0 cm³/mol. The van der Waals surface area contributed by atoms with Crippen molar-refractivity contribution in [2.45, 2.75) is 52.7 Å². The molecule has 0 heterocycles. The molecule has 2 nitrogen and oxygen atoms in total. The number of hydrogen-bond acceptors (Lipinski definition) is 2. The van der Waals surface area contributed by atoms with E-state index in [2.05, 4.69) is 57.3 Å². The van der Waals surface area contributed by atoms with Gasteiger partial charge in [-0.15, -0.1) is 0 Å². The van der Waals surface area contributed by atoms with Crippen molar-refractivity contribution >= 4 is 5.69 Å². The van der Waals surface area contributed by atoms with Gasteiger partial charge < -0.3 is 10.1 Å². The molecule has 3 unspecified atom stereocenters. The normalized spacial score (nSPS) is 30.9. The van der Waals surface area contributed by atoms with Crippen molar-refractivity contribution in [1.82, 2.24) is 0 Å². The average molecular weight is 247 g/mol. The first-order valence-electron chi connectivity index (χ1n) is 7.05. The van der Waals surface area contributed by atoms with Gasteiger partial charge in [0.15, 0.2) is 0 Å². The number of rotatable bonds is 5. The van der Waals surface area contributed by atoms with E-state index < -0.39 is 0 Å². The molecular formula is C16H25NO. The van der Waals surface area contributed by atoms with E-state index in [-0.39, 0.29) is 5.41 Å². The van der Waals surface area contributed by atoms with Crippen molar-refractivity contribution in [3.63, 3.8) is 0 Å². The van der Waals surface area contributed by atoms with Crippen molar-refractivity contribution in [2.75, 3.05) is 11.9 Å². The highest BCUT2D eigenvalue weighted by atomic mass is 16.5. The van der Waals surface area contributed by atoms with Crippen molar-refractivity contribution < 1.29 is 4.74 Å². The molecular weight excluding hydrogens is 222 g/mol. The SMILES string of the molecule is CCOC1CC(Nc2cccc(C)c2)C1(C)CC. The first-order chi connectivity index (χ1) is 8.60. The minimum absolute atomic E-state index is 0.264. The van der Waals surface area contributed by atoms with Gasteiger partial charge in [0.25, 0.3) is 0 Å². The number of aryl methyl sites for hydroxylation is 1. The van der Waals surface area contributed by atoms with Crippen LogP contribution in [0.4, 0.5) is 5.69 Å². The van der Waals surface area contributed by atoms with E-state index in [0.29, 0.717) is 12.1 Å². The van der Waals surface area contributed by atoms with E-state index in [1.54, 1.807) is 0 Å². The number of anilines is 1. The summed E-state index contributed by atoms with van der Waals surface area (Å²) in [4.78, 5) is 0. The first kappa shape index (κ1) is 13.4. The largest absolute Gasteiger partial charge is 0.382 e. The number of ether oxygens (including phenoxy) is 1. The Hall–Kier alpha value is -1.02. The molecule has 100 valence electrons. The fraction of sp³-hybridized carbons (Fsp3) is 0.625. The second-order valence-electron chi connectivity index (χ2n) is 5.61. The maximum absolute atomic E-state index is 5.84. The maximum atomic E-state index is 5.84. The zero-order chi connectivity index (χ0) is 13.2. The Morgan fingerprint density at radius 2 is 2.17 bits per heavy atom. The van der Waals surface area contributed by atoms with E-state index in [1.165, 1.54) is 11.3 Å². The van der Waals surface area contributed by atoms with Gasteiger partial charge in [-0.1, -0.05) is 26.0 Å². The third-order valence-corrected chi connectivity index (χ3v) is 4.47. The lowest BCUT2D eigenvalue weighted by Gasteiger charge is -2.54. The number of nitrogens with one attached hydrogen (secondary N) is 1. The molecule has 1 saturated carbocycles. The molecule has 2 heteroatoms. The Morgan fingerprint density at radius 3 is 2.78 bits per heavy atom. The molecule has 1 aromatic carbocycles. The Balaban J connectivity index is 2.03. The predicted octanol–water partition coefficient (Wildman–Crippen LogP) is 4.00. The lowest BCUT2D eigenvalue weighted by Crippen LogP contribution is -2.59. The van der Waals surface area contributed by atoms with Crippen LogP contribution in [0.1, 0.15) is 39.2 Å². The molecule has 2 rings (SSSR count). The van der Waals surface area contributed by atoms with Crippen LogP contribution in [0.2, 0.25) is 0 Å². The molecule has 0 aliphatic heterocycles. The summed E-state index contributed by atoms with van der Waals surface area (Å²) in [6, 6.07) is 9.13. The first-order valence-corrected chi connectivity index (χ1v) is 7.05. The Bertz CT molecular complexity index is 404. The van der Waals surface area contributed by atoms with Gasteiger partial charge in [-0.25, -0.2) is 0 Å². The van der Waals surface area contributed by atoms with Crippen molar-refractivity contribution in [3.8, 4) is 0 Å². The van der Waals surface area contributed by atoms with E-state index in [0.717, 1.165) is 19.4 Å². The Labute approximate surface area is 111 Å². The minimum atomic E-state index is 0.264. The van der Waals surface area contributed by atoms with E-state index in [1.807, 2.05) is 0 Å². The summed E-state index contributed by atoms with van der Waals surface area (Å²) in [7, 11) is 0. The van der Waals surface area contributed by atoms with Crippen LogP contribution < -0.4 is 5.32 Å². The summed E-state index contributed by atoms with van der Waals surface area (Å²) in [6.07, 6.45) is 2.68. The highest BCUT2D eigenvalue weighted by Gasteiger charge is 2.51. The smallest absolute Gasteiger partial charge is 0.0667 e. The monoisotopic (exact) mass is 247 g/mol. The van der Waals surface area contributed by atoms with Gasteiger partial charge in [0.05, 0.1) is 6.10 Å². The van der Waals surface area contributed by atoms with Crippen LogP contribution in [0.5, 0.6) is 0 Å². The molecule has 1 aromatic rings. The Morgan fingerprint density at radius 1 is 1.39 bits per heavy atom. The van der Waals surface area contributed by atoms with Crippen LogP contribution in [-0.4, -0.2) is 18.8 Å². The van der Waals surface area contributed by atoms with E-state index in [4.69, 9.17) is 4.74 Å². The highest BCUT2D eigenvalue weighted by molar-refractivity contribution is 5.47. The van der Waals surface area contributed by atoms with Crippen molar-refractivity contribution in [1.29, 1.82) is 0 Å². The summed E-state index contributed by atoms with van der Waals surface area (Å²) in [5, 5.41) is 3.67. The maximum Gasteiger partial charge on any atom is 0.0667 e. The molecule has 1 aliphatic rings. The van der Waals surface area contributed by atoms with Crippen LogP contribution in [0.15, 0.2) is 24.3 Å². The second-order valence-corrected chi connectivity index (χ2v) is 5.61. The average Bonchev–Trinajstić information content (AvgIpc) is 2.36. The fourth-order valence-electron chi connectivity index (χ4n) is 2.91. The molecule has 18 heavy (non-hydrogen) atoms. The van der Waals surface area contributed by atoms with Gasteiger partial charge in [0.1, 0.15) is 0 Å². The summed E-state index contributed by atoms with van der Waals surface area (Å²) in [5.41, 5.74) is 2.80. The summed E-state index contributed by atoms with van der Waals surface area (Å²) in [6.45, 7) is 9.63. The van der Waals surface area contributed by atoms with Gasteiger partial charge >= 0.3 is 0 Å². The molecule has 0 radical (unpaired) electrons. The Kier molecular flexibility index (Phi) is 3.96. The van der Waals surface area contributed by atoms with Crippen LogP contribution >= 0.6 is 0 Å². The minimum Gasteiger partial charge on any atom is -0.382 e. The van der Waals surface area contributed by atoms with Gasteiger partial charge in [0.2, 0.25) is 0 Å². The number of hydrogen-bond donors (Lipinski definition) is 1. The van der Waals surface area contributed by atoms with Crippen molar-refractivity contribution in [2.24, 2.45) is 5.41 Å². The highest BCUT2D eigenvalue weighted by Crippen LogP contribution is 2.47. The van der Waals surface area contributed by atoms with Crippen LogP contribution in [-0.2, 0) is 4.74 Å². The third-order valence-electron chi connectivity index (χ3n) is 4.47. The molecule has 1 aliphatic carbocycles. The third kappa shape index (κ3) is 2.39.